The fourth-order valence-electron chi connectivity index (χ4n) is 2.03. The lowest BCUT2D eigenvalue weighted by atomic mass is 10.0. The fraction of sp³-hybridized carbons (Fsp3) is 1.00. The van der Waals surface area contributed by atoms with Crippen LogP contribution < -0.4 is 0 Å². The molecule has 0 bridgehead atoms. The molecule has 0 N–H and O–H groups in total. The molecule has 90 valence electrons. The first-order valence-electron chi connectivity index (χ1n) is 6.48. The third-order valence-electron chi connectivity index (χ3n) is 3.44. The number of hydrogen-bond donors (Lipinski definition) is 0. The summed E-state index contributed by atoms with van der Waals surface area (Å²) in [6, 6.07) is 1.56. The van der Waals surface area contributed by atoms with E-state index in [-0.39, 0.29) is 0 Å². The first-order chi connectivity index (χ1) is 7.00. The molecule has 2 saturated heterocycles. The molecule has 0 amide bonds. The van der Waals surface area contributed by atoms with Gasteiger partial charge in [0.2, 0.25) is 0 Å². The lowest BCUT2D eigenvalue weighted by molar-refractivity contribution is 0.0787. The van der Waals surface area contributed by atoms with E-state index in [0.717, 1.165) is 18.0 Å². The van der Waals surface area contributed by atoms with E-state index in [1.54, 1.807) is 0 Å². The van der Waals surface area contributed by atoms with Crippen molar-refractivity contribution in [3.05, 3.63) is 0 Å². The van der Waals surface area contributed by atoms with E-state index in [1.165, 1.54) is 32.6 Å². The zero-order chi connectivity index (χ0) is 11.4. The maximum Gasteiger partial charge on any atom is 0.00388 e. The fourth-order valence-corrected chi connectivity index (χ4v) is 2.03. The van der Waals surface area contributed by atoms with E-state index in [2.05, 4.69) is 44.4 Å². The number of likely N-dealkylation sites (tertiary alicyclic amines) is 2. The van der Waals surface area contributed by atoms with Crippen LogP contribution in [0.1, 0.15) is 41.0 Å². The molecular formula is C13H28N2. The molecule has 0 aromatic carbocycles. The lowest BCUT2D eigenvalue weighted by Crippen LogP contribution is -2.48. The molecule has 2 aliphatic heterocycles. The predicted octanol–water partition coefficient (Wildman–Crippen LogP) is 2.45. The van der Waals surface area contributed by atoms with E-state index in [1.807, 2.05) is 0 Å². The minimum atomic E-state index is 0.770. The van der Waals surface area contributed by atoms with Gasteiger partial charge in [0.05, 0.1) is 0 Å². The molecule has 0 radical (unpaired) electrons. The van der Waals surface area contributed by atoms with Crippen molar-refractivity contribution in [1.29, 1.82) is 0 Å². The van der Waals surface area contributed by atoms with Gasteiger partial charge in [0, 0.05) is 25.2 Å². The van der Waals surface area contributed by atoms with Gasteiger partial charge in [-0.05, 0) is 53.1 Å². The summed E-state index contributed by atoms with van der Waals surface area (Å²) >= 11 is 0. The highest BCUT2D eigenvalue weighted by Crippen LogP contribution is 2.16. The Bertz CT molecular complexity index is 167. The minimum absolute atomic E-state index is 0.770. The van der Waals surface area contributed by atoms with Crippen molar-refractivity contribution >= 4 is 0 Å². The third kappa shape index (κ3) is 4.12. The van der Waals surface area contributed by atoms with Crippen LogP contribution in [0.4, 0.5) is 0 Å². The van der Waals surface area contributed by atoms with Gasteiger partial charge >= 0.3 is 0 Å². The van der Waals surface area contributed by atoms with Gasteiger partial charge in [-0.3, -0.25) is 0 Å². The van der Waals surface area contributed by atoms with Crippen molar-refractivity contribution in [2.75, 3.05) is 26.2 Å². The van der Waals surface area contributed by atoms with Gasteiger partial charge in [0.25, 0.3) is 0 Å². The van der Waals surface area contributed by atoms with Gasteiger partial charge in [0.15, 0.2) is 0 Å². The predicted molar refractivity (Wildman–Crippen MR) is 67.2 cm³/mol. The normalized spacial score (nSPS) is 23.4. The highest BCUT2D eigenvalue weighted by molar-refractivity contribution is 4.78. The molecule has 0 spiro atoms. The van der Waals surface area contributed by atoms with Crippen LogP contribution in [0, 0.1) is 5.92 Å². The molecule has 0 saturated carbocycles. The number of hydrogen-bond acceptors (Lipinski definition) is 2. The second-order valence-electron chi connectivity index (χ2n) is 5.64. The molecule has 2 rings (SSSR count). The summed E-state index contributed by atoms with van der Waals surface area (Å²) in [5, 5.41) is 0. The molecule has 0 aliphatic carbocycles. The second-order valence-corrected chi connectivity index (χ2v) is 5.64. The summed E-state index contributed by atoms with van der Waals surface area (Å²) in [6.07, 6.45) is 1.41. The monoisotopic (exact) mass is 212 g/mol. The second kappa shape index (κ2) is 5.86. The van der Waals surface area contributed by atoms with Crippen LogP contribution in [-0.4, -0.2) is 48.1 Å². The van der Waals surface area contributed by atoms with Crippen LogP contribution in [0.3, 0.4) is 0 Å². The Morgan fingerprint density at radius 2 is 1.33 bits per heavy atom. The number of rotatable bonds is 2. The van der Waals surface area contributed by atoms with Crippen LogP contribution >= 0.6 is 0 Å². The Labute approximate surface area is 95.6 Å². The number of nitrogens with zero attached hydrogens (tertiary/aromatic N) is 2. The van der Waals surface area contributed by atoms with Crippen LogP contribution in [-0.2, 0) is 0 Å². The molecule has 0 aromatic rings. The van der Waals surface area contributed by atoms with Crippen LogP contribution in [0.2, 0.25) is 0 Å². The Morgan fingerprint density at radius 1 is 0.867 bits per heavy atom. The highest BCUT2D eigenvalue weighted by atomic mass is 15.2. The molecule has 2 aliphatic rings. The Kier molecular flexibility index (Phi) is 5.07. The molecule has 2 fully saturated rings. The van der Waals surface area contributed by atoms with Gasteiger partial charge in [-0.25, -0.2) is 0 Å². The Hall–Kier alpha value is -0.0800. The molecular weight excluding hydrogens is 184 g/mol. The lowest BCUT2D eigenvalue weighted by Gasteiger charge is -2.40. The largest absolute Gasteiger partial charge is 0.301 e. The highest BCUT2D eigenvalue weighted by Gasteiger charge is 2.23. The molecule has 0 aromatic heterocycles. The van der Waals surface area contributed by atoms with Crippen molar-refractivity contribution < 1.29 is 0 Å². The van der Waals surface area contributed by atoms with E-state index in [9.17, 15) is 0 Å². The standard InChI is InChI=1S/C7H15N.C6H13N/c1-6(2)8-4-7(3)5-8;1-6(2)7-4-3-5-7/h6-7H,4-5H2,1-3H3;6H,3-5H2,1-2H3. The maximum absolute atomic E-state index is 2.49. The van der Waals surface area contributed by atoms with Crippen LogP contribution in [0.15, 0.2) is 0 Å². The topological polar surface area (TPSA) is 6.48 Å². The summed E-state index contributed by atoms with van der Waals surface area (Å²) in [6.45, 7) is 16.6. The van der Waals surface area contributed by atoms with E-state index >= 15 is 0 Å². The van der Waals surface area contributed by atoms with Crippen LogP contribution in [0.25, 0.3) is 0 Å². The molecule has 0 unspecified atom stereocenters. The summed E-state index contributed by atoms with van der Waals surface area (Å²) in [4.78, 5) is 4.96. The average Bonchev–Trinajstić information content (AvgIpc) is 1.94. The summed E-state index contributed by atoms with van der Waals surface area (Å²) in [5.74, 6) is 0.956. The first kappa shape index (κ1) is 13.0. The van der Waals surface area contributed by atoms with E-state index in [4.69, 9.17) is 0 Å². The van der Waals surface area contributed by atoms with Gasteiger partial charge in [-0.15, -0.1) is 0 Å². The Morgan fingerprint density at radius 3 is 1.40 bits per heavy atom. The van der Waals surface area contributed by atoms with Gasteiger partial charge in [0.1, 0.15) is 0 Å². The minimum Gasteiger partial charge on any atom is -0.301 e. The first-order valence-corrected chi connectivity index (χ1v) is 6.48. The van der Waals surface area contributed by atoms with Crippen molar-refractivity contribution in [3.8, 4) is 0 Å². The van der Waals surface area contributed by atoms with Gasteiger partial charge in [-0.2, -0.15) is 0 Å². The smallest absolute Gasteiger partial charge is 0.00388 e. The molecule has 2 nitrogen and oxygen atoms in total. The van der Waals surface area contributed by atoms with Crippen molar-refractivity contribution in [1.82, 2.24) is 9.80 Å². The summed E-state index contributed by atoms with van der Waals surface area (Å²) in [5.41, 5.74) is 0. The van der Waals surface area contributed by atoms with Gasteiger partial charge < -0.3 is 9.80 Å². The third-order valence-corrected chi connectivity index (χ3v) is 3.44. The molecule has 2 heterocycles. The zero-order valence-corrected chi connectivity index (χ0v) is 11.2. The zero-order valence-electron chi connectivity index (χ0n) is 11.2. The van der Waals surface area contributed by atoms with E-state index < -0.39 is 0 Å². The maximum atomic E-state index is 2.49. The Balaban J connectivity index is 0.000000151. The van der Waals surface area contributed by atoms with Gasteiger partial charge in [-0.1, -0.05) is 6.92 Å². The van der Waals surface area contributed by atoms with Crippen molar-refractivity contribution in [3.63, 3.8) is 0 Å². The average molecular weight is 212 g/mol. The summed E-state index contributed by atoms with van der Waals surface area (Å²) < 4.78 is 0. The van der Waals surface area contributed by atoms with E-state index in [0.29, 0.717) is 0 Å². The SMILES string of the molecule is CC(C)N1CCC1.CC1CN(C(C)C)C1. The quantitative estimate of drug-likeness (QED) is 0.694. The molecule has 2 heteroatoms. The van der Waals surface area contributed by atoms with Crippen molar-refractivity contribution in [2.45, 2.75) is 53.1 Å². The molecule has 0 atom stereocenters. The molecule has 15 heavy (non-hydrogen) atoms. The summed E-state index contributed by atoms with van der Waals surface area (Å²) in [7, 11) is 0. The van der Waals surface area contributed by atoms with Crippen molar-refractivity contribution in [2.24, 2.45) is 5.92 Å². The van der Waals surface area contributed by atoms with Crippen LogP contribution in [0.5, 0.6) is 0 Å².